The zero-order chi connectivity index (χ0) is 23.4. The lowest BCUT2D eigenvalue weighted by molar-refractivity contribution is 0.0997. The van der Waals surface area contributed by atoms with Crippen molar-refractivity contribution in [3.05, 3.63) is 52.3 Å². The molecule has 0 heterocycles. The number of ether oxygens (including phenoxy) is 2. The maximum atomic E-state index is 14.9. The van der Waals surface area contributed by atoms with Crippen LogP contribution in [-0.4, -0.2) is 31.8 Å². The molecule has 1 aliphatic rings. The van der Waals surface area contributed by atoms with E-state index >= 15 is 0 Å². The van der Waals surface area contributed by atoms with Gasteiger partial charge in [-0.1, -0.05) is 11.6 Å². The lowest BCUT2D eigenvalue weighted by Crippen LogP contribution is -2.30. The topological polar surface area (TPSA) is 115 Å². The highest BCUT2D eigenvalue weighted by atomic mass is 35.5. The zero-order valence-corrected chi connectivity index (χ0v) is 18.3. The van der Waals surface area contributed by atoms with Crippen LogP contribution in [0.1, 0.15) is 35.7 Å². The first-order valence-electron chi connectivity index (χ1n) is 9.67. The highest BCUT2D eigenvalue weighted by molar-refractivity contribution is 6.34. The van der Waals surface area contributed by atoms with Crippen molar-refractivity contribution in [3.63, 3.8) is 0 Å². The Balaban J connectivity index is 1.91. The summed E-state index contributed by atoms with van der Waals surface area (Å²) in [7, 11) is 1.39. The number of nitrogens with zero attached hydrogens (tertiary/aromatic N) is 1. The molecule has 3 amide bonds. The van der Waals surface area contributed by atoms with E-state index in [9.17, 15) is 14.0 Å². The van der Waals surface area contributed by atoms with Gasteiger partial charge in [-0.3, -0.25) is 9.79 Å². The number of aliphatic imine (C=N–C) groups is 1. The van der Waals surface area contributed by atoms with Gasteiger partial charge in [0.25, 0.3) is 5.91 Å². The van der Waals surface area contributed by atoms with E-state index < -0.39 is 17.8 Å². The number of nitrogens with one attached hydrogen (secondary N) is 2. The molecule has 0 bridgehead atoms. The number of rotatable bonds is 8. The third kappa shape index (κ3) is 5.00. The second kappa shape index (κ2) is 9.69. The number of allylic oxidation sites excluding steroid dienone is 1. The molecule has 10 heteroatoms. The molecule has 0 saturated heterocycles. The van der Waals surface area contributed by atoms with Crippen molar-refractivity contribution < 1.29 is 23.5 Å². The van der Waals surface area contributed by atoms with Gasteiger partial charge in [0, 0.05) is 17.7 Å². The molecule has 0 aliphatic heterocycles. The van der Waals surface area contributed by atoms with Gasteiger partial charge in [0.2, 0.25) is 0 Å². The first kappa shape index (κ1) is 23.1. The van der Waals surface area contributed by atoms with Gasteiger partial charge in [0.1, 0.15) is 16.5 Å². The Kier molecular flexibility index (Phi) is 6.99. The Morgan fingerprint density at radius 1 is 1.28 bits per heavy atom. The molecule has 0 unspecified atom stereocenters. The summed E-state index contributed by atoms with van der Waals surface area (Å²) in [6.07, 6.45) is 3.39. The third-order valence-corrected chi connectivity index (χ3v) is 5.08. The fraction of sp³-hybridized carbons (Fsp3) is 0.227. The predicted octanol–water partition coefficient (Wildman–Crippen LogP) is 4.64. The third-order valence-electron chi connectivity index (χ3n) is 4.71. The number of primary amides is 1. The summed E-state index contributed by atoms with van der Waals surface area (Å²) < 4.78 is 25.8. The van der Waals surface area contributed by atoms with E-state index in [4.69, 9.17) is 26.8 Å². The van der Waals surface area contributed by atoms with E-state index in [2.05, 4.69) is 22.3 Å². The summed E-state index contributed by atoms with van der Waals surface area (Å²) >= 11 is 6.11. The summed E-state index contributed by atoms with van der Waals surface area (Å²) in [5, 5.41) is 4.94. The van der Waals surface area contributed by atoms with Crippen LogP contribution in [-0.2, 0) is 0 Å². The molecule has 168 valence electrons. The number of amides is 3. The van der Waals surface area contributed by atoms with E-state index in [1.807, 2.05) is 0 Å². The van der Waals surface area contributed by atoms with E-state index in [-0.39, 0.29) is 39.6 Å². The lowest BCUT2D eigenvalue weighted by atomic mass is 10.0. The SMILES string of the molecule is C=Nc1cc(OC)c(C(N)=O)cc1/C(=C\C)Oc1ccc(NC(=O)NC2CC2)c(Cl)c1F. The number of hydrogen-bond donors (Lipinski definition) is 3. The zero-order valence-electron chi connectivity index (χ0n) is 17.5. The second-order valence-corrected chi connectivity index (χ2v) is 7.34. The van der Waals surface area contributed by atoms with Gasteiger partial charge in [0.15, 0.2) is 11.6 Å². The van der Waals surface area contributed by atoms with Crippen molar-refractivity contribution in [2.45, 2.75) is 25.8 Å². The van der Waals surface area contributed by atoms with Crippen LogP contribution in [0.25, 0.3) is 5.76 Å². The lowest BCUT2D eigenvalue weighted by Gasteiger charge is -2.16. The fourth-order valence-corrected chi connectivity index (χ4v) is 3.13. The van der Waals surface area contributed by atoms with Crippen LogP contribution in [0.3, 0.4) is 0 Å². The van der Waals surface area contributed by atoms with Gasteiger partial charge in [-0.15, -0.1) is 0 Å². The Morgan fingerprint density at radius 3 is 2.56 bits per heavy atom. The smallest absolute Gasteiger partial charge is 0.319 e. The summed E-state index contributed by atoms with van der Waals surface area (Å²) in [6.45, 7) is 5.18. The summed E-state index contributed by atoms with van der Waals surface area (Å²) in [4.78, 5) is 27.7. The summed E-state index contributed by atoms with van der Waals surface area (Å²) in [6, 6.07) is 5.34. The van der Waals surface area contributed by atoms with Gasteiger partial charge in [-0.05, 0) is 50.8 Å². The maximum absolute atomic E-state index is 14.9. The number of carbonyl (C=O) groups excluding carboxylic acids is 2. The molecule has 0 radical (unpaired) electrons. The molecule has 8 nitrogen and oxygen atoms in total. The maximum Gasteiger partial charge on any atom is 0.319 e. The average Bonchev–Trinajstić information content (AvgIpc) is 3.59. The van der Waals surface area contributed by atoms with E-state index in [1.54, 1.807) is 13.0 Å². The minimum Gasteiger partial charge on any atom is -0.496 e. The average molecular weight is 461 g/mol. The molecule has 2 aromatic rings. The molecule has 0 aromatic heterocycles. The Morgan fingerprint density at radius 2 is 2.00 bits per heavy atom. The molecule has 4 N–H and O–H groups in total. The molecule has 32 heavy (non-hydrogen) atoms. The summed E-state index contributed by atoms with van der Waals surface area (Å²) in [5.74, 6) is -1.38. The quantitative estimate of drug-likeness (QED) is 0.393. The van der Waals surface area contributed by atoms with Crippen molar-refractivity contribution in [1.29, 1.82) is 0 Å². The Hall–Kier alpha value is -3.59. The van der Waals surface area contributed by atoms with Gasteiger partial charge in [-0.25, -0.2) is 9.18 Å². The highest BCUT2D eigenvalue weighted by Gasteiger charge is 2.24. The van der Waals surface area contributed by atoms with Crippen molar-refractivity contribution in [2.24, 2.45) is 10.7 Å². The minimum absolute atomic E-state index is 0.0950. The number of nitrogens with two attached hydrogens (primary N) is 1. The monoisotopic (exact) mass is 460 g/mol. The van der Waals surface area contributed by atoms with Gasteiger partial charge < -0.3 is 25.8 Å². The van der Waals surface area contributed by atoms with Gasteiger partial charge in [0.05, 0.1) is 24.0 Å². The largest absolute Gasteiger partial charge is 0.496 e. The molecule has 1 fully saturated rings. The first-order chi connectivity index (χ1) is 15.3. The molecule has 1 aliphatic carbocycles. The summed E-state index contributed by atoms with van der Waals surface area (Å²) in [5.41, 5.74) is 6.31. The van der Waals surface area contributed by atoms with Crippen molar-refractivity contribution in [1.82, 2.24) is 5.32 Å². The number of anilines is 1. The normalized spacial score (nSPS) is 13.3. The van der Waals surface area contributed by atoms with Crippen LogP contribution in [0.15, 0.2) is 35.3 Å². The van der Waals surface area contributed by atoms with Crippen LogP contribution in [0, 0.1) is 5.82 Å². The minimum atomic E-state index is -0.869. The predicted molar refractivity (Wildman–Crippen MR) is 122 cm³/mol. The van der Waals surface area contributed by atoms with Crippen molar-refractivity contribution in [3.8, 4) is 11.5 Å². The van der Waals surface area contributed by atoms with Crippen LogP contribution < -0.4 is 25.8 Å². The number of carbonyl (C=O) groups is 2. The highest BCUT2D eigenvalue weighted by Crippen LogP contribution is 2.37. The fourth-order valence-electron chi connectivity index (χ4n) is 2.93. The second-order valence-electron chi connectivity index (χ2n) is 6.96. The molecular formula is C22H22ClFN4O4. The van der Waals surface area contributed by atoms with E-state index in [1.165, 1.54) is 31.4 Å². The molecule has 0 atom stereocenters. The molecule has 2 aromatic carbocycles. The van der Waals surface area contributed by atoms with Crippen molar-refractivity contribution >= 4 is 47.4 Å². The van der Waals surface area contributed by atoms with Crippen LogP contribution in [0.2, 0.25) is 5.02 Å². The number of urea groups is 1. The molecular weight excluding hydrogens is 439 g/mol. The van der Waals surface area contributed by atoms with Gasteiger partial charge in [-0.2, -0.15) is 0 Å². The Labute approximate surface area is 189 Å². The van der Waals surface area contributed by atoms with Crippen LogP contribution in [0.5, 0.6) is 11.5 Å². The van der Waals surface area contributed by atoms with Gasteiger partial charge >= 0.3 is 6.03 Å². The first-order valence-corrected chi connectivity index (χ1v) is 10.0. The van der Waals surface area contributed by atoms with Crippen LogP contribution >= 0.6 is 11.6 Å². The number of hydrogen-bond acceptors (Lipinski definition) is 5. The number of benzene rings is 2. The van der Waals surface area contributed by atoms with E-state index in [0.717, 1.165) is 12.8 Å². The Bertz CT molecular complexity index is 1120. The van der Waals surface area contributed by atoms with Crippen LogP contribution in [0.4, 0.5) is 20.6 Å². The standard InChI is InChI=1S/C22H22ClFN4O4/c1-4-16(12-9-13(21(25)29)18(31-3)10-15(12)26-2)32-17-8-7-14(19(23)20(17)24)28-22(30)27-11-5-6-11/h4,7-11H,2,5-6H2,1,3H3,(H2,25,29)(H2,27,28,30)/b16-4+. The van der Waals surface area contributed by atoms with E-state index in [0.29, 0.717) is 11.3 Å². The number of halogens is 2. The molecule has 0 spiro atoms. The molecule has 1 saturated carbocycles. The van der Waals surface area contributed by atoms with Crippen molar-refractivity contribution in [2.75, 3.05) is 12.4 Å². The number of methoxy groups -OCH3 is 1. The molecule has 3 rings (SSSR count).